The fourth-order valence-corrected chi connectivity index (χ4v) is 2.28. The van der Waals surface area contributed by atoms with Crippen molar-refractivity contribution in [3.63, 3.8) is 0 Å². The lowest BCUT2D eigenvalue weighted by molar-refractivity contribution is 0.0962. The van der Waals surface area contributed by atoms with Gasteiger partial charge in [0.1, 0.15) is 5.82 Å². The first-order chi connectivity index (χ1) is 8.20. The molecule has 1 heterocycles. The summed E-state index contributed by atoms with van der Waals surface area (Å²) < 4.78 is 13.5. The summed E-state index contributed by atoms with van der Waals surface area (Å²) in [6.07, 6.45) is 1.99. The van der Waals surface area contributed by atoms with Crippen LogP contribution in [-0.4, -0.2) is 26.0 Å². The van der Waals surface area contributed by atoms with Crippen LogP contribution in [0.1, 0.15) is 34.7 Å². The minimum absolute atomic E-state index is 0.236. The summed E-state index contributed by atoms with van der Waals surface area (Å²) in [5.74, 6) is -0.213. The van der Waals surface area contributed by atoms with Crippen molar-refractivity contribution in [3.8, 4) is 0 Å². The van der Waals surface area contributed by atoms with Gasteiger partial charge in [-0.05, 0) is 55.6 Å². The van der Waals surface area contributed by atoms with Crippen molar-refractivity contribution < 1.29 is 9.18 Å². The molecular formula is C13H17FN2O. The average Bonchev–Trinajstić information content (AvgIpc) is 2.38. The molecule has 0 aliphatic carbocycles. The van der Waals surface area contributed by atoms with Gasteiger partial charge < -0.3 is 10.6 Å². The van der Waals surface area contributed by atoms with E-state index in [-0.39, 0.29) is 11.7 Å². The number of rotatable bonds is 2. The van der Waals surface area contributed by atoms with Crippen LogP contribution in [0.3, 0.4) is 0 Å². The van der Waals surface area contributed by atoms with Gasteiger partial charge in [0.2, 0.25) is 0 Å². The van der Waals surface area contributed by atoms with Crippen molar-refractivity contribution in [3.05, 3.63) is 35.1 Å². The molecule has 4 heteroatoms. The minimum Gasteiger partial charge on any atom is -0.355 e. The Bertz CT molecular complexity index is 414. The van der Waals surface area contributed by atoms with Gasteiger partial charge in [-0.3, -0.25) is 4.79 Å². The third-order valence-corrected chi connectivity index (χ3v) is 3.22. The second-order valence-electron chi connectivity index (χ2n) is 4.38. The topological polar surface area (TPSA) is 41.1 Å². The molecule has 1 saturated heterocycles. The monoisotopic (exact) mass is 236 g/mol. The number of amides is 1. The molecule has 1 aliphatic heterocycles. The number of halogens is 1. The Kier molecular flexibility index (Phi) is 3.74. The smallest absolute Gasteiger partial charge is 0.251 e. The van der Waals surface area contributed by atoms with Crippen LogP contribution in [0.4, 0.5) is 4.39 Å². The maximum atomic E-state index is 13.5. The zero-order chi connectivity index (χ0) is 12.3. The van der Waals surface area contributed by atoms with Crippen molar-refractivity contribution in [2.45, 2.75) is 18.8 Å². The van der Waals surface area contributed by atoms with E-state index in [2.05, 4.69) is 10.6 Å². The van der Waals surface area contributed by atoms with E-state index in [1.165, 1.54) is 6.07 Å². The van der Waals surface area contributed by atoms with E-state index in [9.17, 15) is 9.18 Å². The highest BCUT2D eigenvalue weighted by Gasteiger charge is 2.17. The highest BCUT2D eigenvalue weighted by Crippen LogP contribution is 2.26. The van der Waals surface area contributed by atoms with Crippen LogP contribution >= 0.6 is 0 Å². The predicted octanol–water partition coefficient (Wildman–Crippen LogP) is 1.65. The number of nitrogens with one attached hydrogen (secondary N) is 2. The van der Waals surface area contributed by atoms with Gasteiger partial charge in [-0.1, -0.05) is 0 Å². The lowest BCUT2D eigenvalue weighted by atomic mass is 9.89. The fourth-order valence-electron chi connectivity index (χ4n) is 2.28. The zero-order valence-corrected chi connectivity index (χ0v) is 9.92. The van der Waals surface area contributed by atoms with Crippen LogP contribution in [0.5, 0.6) is 0 Å². The summed E-state index contributed by atoms with van der Waals surface area (Å²) in [7, 11) is 1.55. The van der Waals surface area contributed by atoms with E-state index in [1.54, 1.807) is 19.2 Å². The van der Waals surface area contributed by atoms with E-state index >= 15 is 0 Å². The van der Waals surface area contributed by atoms with Crippen molar-refractivity contribution in [2.24, 2.45) is 0 Å². The average molecular weight is 236 g/mol. The first-order valence-electron chi connectivity index (χ1n) is 5.94. The molecule has 0 spiro atoms. The van der Waals surface area contributed by atoms with Crippen LogP contribution in [0.15, 0.2) is 18.2 Å². The molecule has 2 rings (SSSR count). The van der Waals surface area contributed by atoms with Crippen molar-refractivity contribution >= 4 is 5.91 Å². The Morgan fingerprint density at radius 1 is 1.35 bits per heavy atom. The molecule has 17 heavy (non-hydrogen) atoms. The van der Waals surface area contributed by atoms with Crippen molar-refractivity contribution in [1.82, 2.24) is 10.6 Å². The lowest BCUT2D eigenvalue weighted by Gasteiger charge is -2.23. The SMILES string of the molecule is CNC(=O)c1cc(F)cc(C2CCNCC2)c1. The van der Waals surface area contributed by atoms with Gasteiger partial charge >= 0.3 is 0 Å². The number of carbonyl (C=O) groups excluding carboxylic acids is 1. The Hall–Kier alpha value is -1.42. The lowest BCUT2D eigenvalue weighted by Crippen LogP contribution is -2.27. The summed E-state index contributed by atoms with van der Waals surface area (Å²) in [5.41, 5.74) is 1.34. The number of hydrogen-bond donors (Lipinski definition) is 2. The van der Waals surface area contributed by atoms with E-state index < -0.39 is 0 Å². The molecule has 1 amide bonds. The molecule has 92 valence electrons. The zero-order valence-electron chi connectivity index (χ0n) is 9.92. The second kappa shape index (κ2) is 5.27. The predicted molar refractivity (Wildman–Crippen MR) is 64.6 cm³/mol. The molecule has 1 fully saturated rings. The first-order valence-corrected chi connectivity index (χ1v) is 5.94. The molecule has 0 atom stereocenters. The molecule has 1 aromatic carbocycles. The molecule has 1 aromatic rings. The Morgan fingerprint density at radius 2 is 2.06 bits per heavy atom. The van der Waals surface area contributed by atoms with E-state index in [0.717, 1.165) is 31.5 Å². The Labute approximate surface area is 100 Å². The largest absolute Gasteiger partial charge is 0.355 e. The molecule has 1 aliphatic rings. The van der Waals surface area contributed by atoms with Crippen LogP contribution < -0.4 is 10.6 Å². The highest BCUT2D eigenvalue weighted by molar-refractivity contribution is 5.94. The van der Waals surface area contributed by atoms with Crippen molar-refractivity contribution in [2.75, 3.05) is 20.1 Å². The van der Waals surface area contributed by atoms with Crippen molar-refractivity contribution in [1.29, 1.82) is 0 Å². The quantitative estimate of drug-likeness (QED) is 0.819. The van der Waals surface area contributed by atoms with E-state index in [0.29, 0.717) is 11.5 Å². The molecule has 0 unspecified atom stereocenters. The molecule has 0 bridgehead atoms. The van der Waals surface area contributed by atoms with Crippen LogP contribution in [0, 0.1) is 5.82 Å². The number of carbonyl (C=O) groups is 1. The van der Waals surface area contributed by atoms with Gasteiger partial charge in [0.05, 0.1) is 0 Å². The minimum atomic E-state index is -0.334. The maximum absolute atomic E-state index is 13.5. The van der Waals surface area contributed by atoms with Gasteiger partial charge in [0.25, 0.3) is 5.91 Å². The van der Waals surface area contributed by atoms with Crippen LogP contribution in [0.25, 0.3) is 0 Å². The summed E-state index contributed by atoms with van der Waals surface area (Å²) in [6.45, 7) is 1.91. The number of hydrogen-bond acceptors (Lipinski definition) is 2. The highest BCUT2D eigenvalue weighted by atomic mass is 19.1. The summed E-state index contributed by atoms with van der Waals surface area (Å²) in [4.78, 5) is 11.5. The molecular weight excluding hydrogens is 219 g/mol. The van der Waals surface area contributed by atoms with E-state index in [4.69, 9.17) is 0 Å². The number of piperidine rings is 1. The maximum Gasteiger partial charge on any atom is 0.251 e. The fraction of sp³-hybridized carbons (Fsp3) is 0.462. The van der Waals surface area contributed by atoms with Gasteiger partial charge in [-0.25, -0.2) is 4.39 Å². The molecule has 0 saturated carbocycles. The van der Waals surface area contributed by atoms with Crippen LogP contribution in [-0.2, 0) is 0 Å². The summed E-state index contributed by atoms with van der Waals surface area (Å²) >= 11 is 0. The standard InChI is InChI=1S/C13H17FN2O/c1-15-13(17)11-6-10(7-12(14)8-11)9-2-4-16-5-3-9/h6-9,16H,2-5H2,1H3,(H,15,17). The molecule has 3 nitrogen and oxygen atoms in total. The molecule has 0 radical (unpaired) electrons. The van der Waals surface area contributed by atoms with Gasteiger partial charge in [-0.2, -0.15) is 0 Å². The summed E-state index contributed by atoms with van der Waals surface area (Å²) in [6, 6.07) is 4.63. The summed E-state index contributed by atoms with van der Waals surface area (Å²) in [5, 5.41) is 5.80. The third-order valence-electron chi connectivity index (χ3n) is 3.22. The van der Waals surface area contributed by atoms with Gasteiger partial charge in [0, 0.05) is 12.6 Å². The molecule has 2 N–H and O–H groups in total. The second-order valence-corrected chi connectivity index (χ2v) is 4.38. The Morgan fingerprint density at radius 3 is 2.71 bits per heavy atom. The van der Waals surface area contributed by atoms with Gasteiger partial charge in [0.15, 0.2) is 0 Å². The van der Waals surface area contributed by atoms with Crippen LogP contribution in [0.2, 0.25) is 0 Å². The molecule has 0 aromatic heterocycles. The first kappa shape index (κ1) is 12.0. The Balaban J connectivity index is 2.27. The van der Waals surface area contributed by atoms with Gasteiger partial charge in [-0.15, -0.1) is 0 Å². The third kappa shape index (κ3) is 2.82. The normalized spacial score (nSPS) is 16.8. The number of benzene rings is 1. The van der Waals surface area contributed by atoms with E-state index in [1.807, 2.05) is 0 Å².